The first-order chi connectivity index (χ1) is 9.44. The number of hydrogen-bond acceptors (Lipinski definition) is 4. The Hall–Kier alpha value is -1.76. The Bertz CT molecular complexity index is 526. The standard InChI is InChI=1S/C13H13F3N2OS/c1-9(12-17-6-7-20-12)18-10-2-4-11(5-3-10)19-8-13(14,15)16/h2-7,9,18H,8H2,1H3. The molecule has 1 N–H and O–H groups in total. The summed E-state index contributed by atoms with van der Waals surface area (Å²) in [5.74, 6) is 0.190. The molecule has 0 spiro atoms. The largest absolute Gasteiger partial charge is 0.484 e. The van der Waals surface area contributed by atoms with Crippen molar-refractivity contribution in [2.75, 3.05) is 11.9 Å². The van der Waals surface area contributed by atoms with Crippen molar-refractivity contribution in [3.8, 4) is 5.75 Å². The molecule has 20 heavy (non-hydrogen) atoms. The molecule has 0 aliphatic rings. The summed E-state index contributed by atoms with van der Waals surface area (Å²) in [6.07, 6.45) is -2.59. The molecular formula is C13H13F3N2OS. The molecule has 1 aromatic carbocycles. The van der Waals surface area contributed by atoms with E-state index in [-0.39, 0.29) is 11.8 Å². The van der Waals surface area contributed by atoms with Gasteiger partial charge in [-0.3, -0.25) is 0 Å². The summed E-state index contributed by atoms with van der Waals surface area (Å²) in [6, 6.07) is 6.40. The van der Waals surface area contributed by atoms with Crippen molar-refractivity contribution in [2.24, 2.45) is 0 Å². The Morgan fingerprint density at radius 2 is 2.00 bits per heavy atom. The number of nitrogens with zero attached hydrogens (tertiary/aromatic N) is 1. The summed E-state index contributed by atoms with van der Waals surface area (Å²) >= 11 is 1.54. The van der Waals surface area contributed by atoms with E-state index in [9.17, 15) is 13.2 Å². The molecule has 0 fully saturated rings. The van der Waals surface area contributed by atoms with E-state index in [0.717, 1.165) is 10.7 Å². The molecule has 0 aliphatic carbocycles. The van der Waals surface area contributed by atoms with Crippen LogP contribution in [-0.2, 0) is 0 Å². The molecular weight excluding hydrogens is 289 g/mol. The second-order valence-electron chi connectivity index (χ2n) is 4.16. The average Bonchev–Trinajstić information content (AvgIpc) is 2.91. The van der Waals surface area contributed by atoms with Gasteiger partial charge in [-0.1, -0.05) is 0 Å². The van der Waals surface area contributed by atoms with Crippen LogP contribution < -0.4 is 10.1 Å². The van der Waals surface area contributed by atoms with Crippen LogP contribution in [-0.4, -0.2) is 17.8 Å². The van der Waals surface area contributed by atoms with Gasteiger partial charge in [0.25, 0.3) is 0 Å². The maximum atomic E-state index is 12.0. The Balaban J connectivity index is 1.91. The van der Waals surface area contributed by atoms with Gasteiger partial charge in [-0.25, -0.2) is 4.98 Å². The molecule has 0 bridgehead atoms. The van der Waals surface area contributed by atoms with Gasteiger partial charge in [0.05, 0.1) is 6.04 Å². The first-order valence-corrected chi connectivity index (χ1v) is 6.77. The van der Waals surface area contributed by atoms with Crippen LogP contribution in [0, 0.1) is 0 Å². The second-order valence-corrected chi connectivity index (χ2v) is 5.09. The van der Waals surface area contributed by atoms with Gasteiger partial charge in [0.1, 0.15) is 10.8 Å². The zero-order chi connectivity index (χ0) is 14.6. The molecule has 2 rings (SSSR count). The number of hydrogen-bond donors (Lipinski definition) is 1. The number of ether oxygens (including phenoxy) is 1. The summed E-state index contributed by atoms with van der Waals surface area (Å²) in [6.45, 7) is 0.683. The number of halogens is 3. The SMILES string of the molecule is CC(Nc1ccc(OCC(F)(F)F)cc1)c1nccs1. The lowest BCUT2D eigenvalue weighted by Gasteiger charge is -2.13. The Kier molecular flexibility index (Phi) is 4.49. The van der Waals surface area contributed by atoms with Crippen LogP contribution in [0.25, 0.3) is 0 Å². The molecule has 2 aromatic rings. The van der Waals surface area contributed by atoms with Crippen LogP contribution >= 0.6 is 11.3 Å². The van der Waals surface area contributed by atoms with Crippen molar-refractivity contribution in [2.45, 2.75) is 19.1 Å². The van der Waals surface area contributed by atoms with Crippen LogP contribution in [0.2, 0.25) is 0 Å². The lowest BCUT2D eigenvalue weighted by Crippen LogP contribution is -2.19. The van der Waals surface area contributed by atoms with Crippen LogP contribution in [0.15, 0.2) is 35.8 Å². The highest BCUT2D eigenvalue weighted by atomic mass is 32.1. The molecule has 7 heteroatoms. The smallest absolute Gasteiger partial charge is 0.422 e. The number of nitrogens with one attached hydrogen (secondary N) is 1. The predicted molar refractivity (Wildman–Crippen MR) is 72.1 cm³/mol. The molecule has 1 unspecified atom stereocenters. The highest BCUT2D eigenvalue weighted by Gasteiger charge is 2.28. The number of thiazole rings is 1. The Morgan fingerprint density at radius 3 is 2.55 bits per heavy atom. The van der Waals surface area contributed by atoms with Crippen molar-refractivity contribution in [3.63, 3.8) is 0 Å². The molecule has 1 atom stereocenters. The van der Waals surface area contributed by atoms with Gasteiger partial charge in [-0.05, 0) is 31.2 Å². The zero-order valence-corrected chi connectivity index (χ0v) is 11.5. The number of rotatable bonds is 5. The van der Waals surface area contributed by atoms with Gasteiger partial charge in [0, 0.05) is 17.3 Å². The summed E-state index contributed by atoms with van der Waals surface area (Å²) < 4.78 is 40.7. The molecule has 3 nitrogen and oxygen atoms in total. The number of aromatic nitrogens is 1. The van der Waals surface area contributed by atoms with E-state index in [1.54, 1.807) is 29.7 Å². The minimum Gasteiger partial charge on any atom is -0.484 e. The lowest BCUT2D eigenvalue weighted by molar-refractivity contribution is -0.153. The number of alkyl halides is 3. The number of anilines is 1. The van der Waals surface area contributed by atoms with Gasteiger partial charge < -0.3 is 10.1 Å². The molecule has 1 heterocycles. The van der Waals surface area contributed by atoms with Crippen molar-refractivity contribution >= 4 is 17.0 Å². The van der Waals surface area contributed by atoms with Crippen molar-refractivity contribution in [1.82, 2.24) is 4.98 Å². The van der Waals surface area contributed by atoms with Gasteiger partial charge in [0.2, 0.25) is 0 Å². The monoisotopic (exact) mass is 302 g/mol. The number of benzene rings is 1. The highest BCUT2D eigenvalue weighted by molar-refractivity contribution is 7.09. The van der Waals surface area contributed by atoms with E-state index in [4.69, 9.17) is 0 Å². The van der Waals surface area contributed by atoms with Gasteiger partial charge in [-0.15, -0.1) is 11.3 Å². The molecule has 1 aromatic heterocycles. The minimum atomic E-state index is -4.32. The fourth-order valence-electron chi connectivity index (χ4n) is 1.57. The molecule has 0 amide bonds. The zero-order valence-electron chi connectivity index (χ0n) is 10.6. The maximum absolute atomic E-state index is 12.0. The van der Waals surface area contributed by atoms with Gasteiger partial charge in [0.15, 0.2) is 6.61 Å². The third kappa shape index (κ3) is 4.41. The third-order valence-corrected chi connectivity index (χ3v) is 3.42. The quantitative estimate of drug-likeness (QED) is 0.896. The first kappa shape index (κ1) is 14.6. The molecule has 0 aliphatic heterocycles. The minimum absolute atomic E-state index is 0.0388. The van der Waals surface area contributed by atoms with E-state index >= 15 is 0 Å². The predicted octanol–water partition coefficient (Wildman–Crippen LogP) is 4.26. The van der Waals surface area contributed by atoms with Crippen LogP contribution in [0.1, 0.15) is 18.0 Å². The maximum Gasteiger partial charge on any atom is 0.422 e. The Morgan fingerprint density at radius 1 is 1.30 bits per heavy atom. The molecule has 0 saturated carbocycles. The summed E-state index contributed by atoms with van der Waals surface area (Å²) in [4.78, 5) is 4.19. The summed E-state index contributed by atoms with van der Waals surface area (Å²) in [5, 5.41) is 6.05. The first-order valence-electron chi connectivity index (χ1n) is 5.89. The van der Waals surface area contributed by atoms with Crippen LogP contribution in [0.3, 0.4) is 0 Å². The van der Waals surface area contributed by atoms with E-state index in [1.807, 2.05) is 12.3 Å². The summed E-state index contributed by atoms with van der Waals surface area (Å²) in [7, 11) is 0. The normalized spacial score (nSPS) is 13.0. The lowest BCUT2D eigenvalue weighted by atomic mass is 10.2. The van der Waals surface area contributed by atoms with Crippen molar-refractivity contribution in [3.05, 3.63) is 40.8 Å². The Labute approximate surface area is 118 Å². The highest BCUT2D eigenvalue weighted by Crippen LogP contribution is 2.24. The van der Waals surface area contributed by atoms with Crippen molar-refractivity contribution < 1.29 is 17.9 Å². The molecule has 0 radical (unpaired) electrons. The van der Waals surface area contributed by atoms with E-state index in [0.29, 0.717) is 0 Å². The van der Waals surface area contributed by atoms with Gasteiger partial charge in [-0.2, -0.15) is 13.2 Å². The average molecular weight is 302 g/mol. The third-order valence-electron chi connectivity index (χ3n) is 2.46. The van der Waals surface area contributed by atoms with Crippen LogP contribution in [0.5, 0.6) is 5.75 Å². The topological polar surface area (TPSA) is 34.1 Å². The van der Waals surface area contributed by atoms with Crippen molar-refractivity contribution in [1.29, 1.82) is 0 Å². The molecule has 0 saturated heterocycles. The van der Waals surface area contributed by atoms with Gasteiger partial charge >= 0.3 is 6.18 Å². The fourth-order valence-corrected chi connectivity index (χ4v) is 2.22. The van der Waals surface area contributed by atoms with E-state index in [1.165, 1.54) is 12.1 Å². The second kappa shape index (κ2) is 6.13. The molecule has 108 valence electrons. The van der Waals surface area contributed by atoms with E-state index < -0.39 is 12.8 Å². The van der Waals surface area contributed by atoms with E-state index in [2.05, 4.69) is 15.0 Å². The summed E-state index contributed by atoms with van der Waals surface area (Å²) in [5.41, 5.74) is 0.798. The van der Waals surface area contributed by atoms with Crippen LogP contribution in [0.4, 0.5) is 18.9 Å². The fraction of sp³-hybridized carbons (Fsp3) is 0.308.